The molecular weight excluding hydrogens is 390 g/mol. The maximum Gasteiger partial charge on any atom is 0.252 e. The van der Waals surface area contributed by atoms with E-state index in [4.69, 9.17) is 16.2 Å². The number of methoxy groups -OCH3 is 1. The lowest BCUT2D eigenvalue weighted by atomic mass is 9.95. The van der Waals surface area contributed by atoms with Crippen LogP contribution in [0.2, 0.25) is 0 Å². The second-order valence-corrected chi connectivity index (χ2v) is 8.17. The molecule has 2 atom stereocenters. The lowest BCUT2D eigenvalue weighted by molar-refractivity contribution is 0.0997. The van der Waals surface area contributed by atoms with Crippen LogP contribution >= 0.6 is 12.4 Å². The zero-order valence-corrected chi connectivity index (χ0v) is 16.4. The van der Waals surface area contributed by atoms with Gasteiger partial charge in [-0.1, -0.05) is 30.3 Å². The minimum atomic E-state index is -3.80. The normalized spacial score (nSPS) is 20.1. The van der Waals surface area contributed by atoms with Crippen molar-refractivity contribution in [3.05, 3.63) is 59.7 Å². The van der Waals surface area contributed by atoms with Crippen LogP contribution in [0.5, 0.6) is 5.75 Å². The lowest BCUT2D eigenvalue weighted by Gasteiger charge is -2.17. The maximum atomic E-state index is 13.0. The quantitative estimate of drug-likeness (QED) is 0.769. The minimum absolute atomic E-state index is 0. The average molecular weight is 412 g/mol. The largest absolute Gasteiger partial charge is 0.496 e. The summed E-state index contributed by atoms with van der Waals surface area (Å²) in [5, 5.41) is 0. The molecule has 27 heavy (non-hydrogen) atoms. The van der Waals surface area contributed by atoms with Crippen molar-refractivity contribution in [3.63, 3.8) is 0 Å². The molecule has 0 radical (unpaired) electrons. The summed E-state index contributed by atoms with van der Waals surface area (Å²) in [6, 6.07) is 13.4. The van der Waals surface area contributed by atoms with E-state index in [1.54, 1.807) is 0 Å². The lowest BCUT2D eigenvalue weighted by Crippen LogP contribution is -2.32. The second kappa shape index (κ2) is 8.26. The molecule has 0 bridgehead atoms. The first-order valence-corrected chi connectivity index (χ1v) is 9.57. The van der Waals surface area contributed by atoms with Crippen molar-refractivity contribution in [1.82, 2.24) is 4.31 Å². The molecule has 1 aliphatic rings. The van der Waals surface area contributed by atoms with Crippen LogP contribution in [0.15, 0.2) is 53.4 Å². The van der Waals surface area contributed by atoms with E-state index in [-0.39, 0.29) is 53.7 Å². The number of nitrogens with two attached hydrogens (primary N) is 2. The van der Waals surface area contributed by atoms with E-state index in [1.807, 2.05) is 30.3 Å². The van der Waals surface area contributed by atoms with Crippen LogP contribution in [0.4, 0.5) is 0 Å². The fourth-order valence-corrected chi connectivity index (χ4v) is 4.76. The Labute approximate surface area is 164 Å². The number of ether oxygens (including phenoxy) is 1. The third-order valence-corrected chi connectivity index (χ3v) is 6.46. The number of sulfonamides is 1. The van der Waals surface area contributed by atoms with Crippen molar-refractivity contribution in [2.75, 3.05) is 20.2 Å². The molecule has 0 saturated carbocycles. The zero-order valence-electron chi connectivity index (χ0n) is 14.7. The van der Waals surface area contributed by atoms with Gasteiger partial charge in [0.2, 0.25) is 10.0 Å². The van der Waals surface area contributed by atoms with E-state index < -0.39 is 15.9 Å². The zero-order chi connectivity index (χ0) is 18.9. The highest BCUT2D eigenvalue weighted by Crippen LogP contribution is 2.31. The molecule has 3 rings (SSSR count). The van der Waals surface area contributed by atoms with Crippen LogP contribution < -0.4 is 16.2 Å². The summed E-state index contributed by atoms with van der Waals surface area (Å²) in [6.07, 6.45) is 0. The maximum absolute atomic E-state index is 13.0. The van der Waals surface area contributed by atoms with Crippen LogP contribution in [-0.4, -0.2) is 44.9 Å². The number of amides is 1. The summed E-state index contributed by atoms with van der Waals surface area (Å²) in [7, 11) is -2.41. The van der Waals surface area contributed by atoms with E-state index in [9.17, 15) is 13.2 Å². The number of hydrogen-bond donors (Lipinski definition) is 2. The number of benzene rings is 2. The minimum Gasteiger partial charge on any atom is -0.496 e. The molecule has 1 fully saturated rings. The van der Waals surface area contributed by atoms with E-state index >= 15 is 0 Å². The summed E-state index contributed by atoms with van der Waals surface area (Å²) in [5.74, 6) is -0.601. The summed E-state index contributed by atoms with van der Waals surface area (Å²) in [6.45, 7) is 0.491. The first kappa shape index (κ1) is 21.2. The Bertz CT molecular complexity index is 921. The molecular formula is C18H22ClN3O4S. The number of hydrogen-bond acceptors (Lipinski definition) is 5. The molecule has 1 aliphatic heterocycles. The van der Waals surface area contributed by atoms with Crippen molar-refractivity contribution >= 4 is 28.3 Å². The summed E-state index contributed by atoms with van der Waals surface area (Å²) in [4.78, 5) is 11.6. The molecule has 7 nitrogen and oxygen atoms in total. The van der Waals surface area contributed by atoms with E-state index in [1.165, 1.54) is 29.6 Å². The Kier molecular flexibility index (Phi) is 6.48. The van der Waals surface area contributed by atoms with Crippen molar-refractivity contribution in [2.24, 2.45) is 11.5 Å². The Morgan fingerprint density at radius 2 is 1.81 bits per heavy atom. The monoisotopic (exact) mass is 411 g/mol. The van der Waals surface area contributed by atoms with Gasteiger partial charge in [0.15, 0.2) is 0 Å². The molecule has 1 amide bonds. The van der Waals surface area contributed by atoms with Gasteiger partial charge in [-0.3, -0.25) is 4.79 Å². The molecule has 2 aromatic carbocycles. The molecule has 1 heterocycles. The highest BCUT2D eigenvalue weighted by atomic mass is 35.5. The van der Waals surface area contributed by atoms with Crippen LogP contribution in [0.25, 0.3) is 0 Å². The summed E-state index contributed by atoms with van der Waals surface area (Å²) >= 11 is 0. The number of nitrogens with zero attached hydrogens (tertiary/aromatic N) is 1. The number of carbonyl (C=O) groups is 1. The molecule has 0 aliphatic carbocycles. The Morgan fingerprint density at radius 3 is 2.41 bits per heavy atom. The number of halogens is 1. The number of carbonyl (C=O) groups excluding carboxylic acids is 1. The molecule has 1 saturated heterocycles. The molecule has 0 spiro atoms. The van der Waals surface area contributed by atoms with Gasteiger partial charge in [0.05, 0.1) is 17.6 Å². The van der Waals surface area contributed by atoms with Crippen LogP contribution in [-0.2, 0) is 10.0 Å². The highest BCUT2D eigenvalue weighted by Gasteiger charge is 2.38. The predicted molar refractivity (Wildman–Crippen MR) is 105 cm³/mol. The van der Waals surface area contributed by atoms with Crippen molar-refractivity contribution < 1.29 is 17.9 Å². The standard InChI is InChI=1S/C18H21N3O4S.ClH/c1-25-17-8-7-13(9-14(17)18(20)22)26(23,24)21-10-15(16(19)11-21)12-5-3-2-4-6-12;/h2-9,15-16H,10-11,19H2,1H3,(H2,20,22);1H/t15-,16+;/m0./s1. The molecule has 9 heteroatoms. The molecule has 2 aromatic rings. The fourth-order valence-electron chi connectivity index (χ4n) is 3.23. The van der Waals surface area contributed by atoms with Crippen LogP contribution in [0.1, 0.15) is 21.8 Å². The topological polar surface area (TPSA) is 116 Å². The Balaban J connectivity index is 0.00000261. The molecule has 0 aromatic heterocycles. The summed E-state index contributed by atoms with van der Waals surface area (Å²) < 4.78 is 32.4. The average Bonchev–Trinajstić information content (AvgIpc) is 3.04. The van der Waals surface area contributed by atoms with Crippen molar-refractivity contribution in [2.45, 2.75) is 16.9 Å². The van der Waals surface area contributed by atoms with E-state index in [0.717, 1.165) is 5.56 Å². The van der Waals surface area contributed by atoms with Crippen LogP contribution in [0, 0.1) is 0 Å². The number of rotatable bonds is 5. The second-order valence-electron chi connectivity index (χ2n) is 6.23. The molecule has 146 valence electrons. The van der Waals surface area contributed by atoms with Gasteiger partial charge in [0, 0.05) is 25.0 Å². The molecule has 4 N–H and O–H groups in total. The van der Waals surface area contributed by atoms with Gasteiger partial charge < -0.3 is 16.2 Å². The Morgan fingerprint density at radius 1 is 1.15 bits per heavy atom. The molecule has 0 unspecified atom stereocenters. The van der Waals surface area contributed by atoms with Gasteiger partial charge in [0.25, 0.3) is 5.91 Å². The van der Waals surface area contributed by atoms with Gasteiger partial charge in [0.1, 0.15) is 5.75 Å². The fraction of sp³-hybridized carbons (Fsp3) is 0.278. The van der Waals surface area contributed by atoms with Gasteiger partial charge in [-0.2, -0.15) is 4.31 Å². The first-order chi connectivity index (χ1) is 12.3. The smallest absolute Gasteiger partial charge is 0.252 e. The van der Waals surface area contributed by atoms with Gasteiger partial charge in [-0.15, -0.1) is 12.4 Å². The van der Waals surface area contributed by atoms with Gasteiger partial charge >= 0.3 is 0 Å². The number of primary amides is 1. The first-order valence-electron chi connectivity index (χ1n) is 8.13. The highest BCUT2D eigenvalue weighted by molar-refractivity contribution is 7.89. The predicted octanol–water partition coefficient (Wildman–Crippen LogP) is 1.33. The third-order valence-electron chi connectivity index (χ3n) is 4.63. The van der Waals surface area contributed by atoms with Crippen molar-refractivity contribution in [3.8, 4) is 5.75 Å². The van der Waals surface area contributed by atoms with Gasteiger partial charge in [-0.05, 0) is 23.8 Å². The Hall–Kier alpha value is -2.13. The van der Waals surface area contributed by atoms with Crippen LogP contribution in [0.3, 0.4) is 0 Å². The van der Waals surface area contributed by atoms with E-state index in [2.05, 4.69) is 0 Å². The summed E-state index contributed by atoms with van der Waals surface area (Å²) in [5.41, 5.74) is 12.6. The SMILES string of the molecule is COc1ccc(S(=O)(=O)N2C[C@@H](N)[C@H](c3ccccc3)C2)cc1C(N)=O.Cl. The van der Waals surface area contributed by atoms with Gasteiger partial charge in [-0.25, -0.2) is 8.42 Å². The third kappa shape index (κ3) is 4.08. The van der Waals surface area contributed by atoms with Crippen molar-refractivity contribution in [1.29, 1.82) is 0 Å². The van der Waals surface area contributed by atoms with E-state index in [0.29, 0.717) is 0 Å².